The van der Waals surface area contributed by atoms with E-state index in [0.717, 1.165) is 0 Å². The van der Waals surface area contributed by atoms with Crippen molar-refractivity contribution in [2.75, 3.05) is 11.9 Å². The summed E-state index contributed by atoms with van der Waals surface area (Å²) in [7, 11) is 0. The van der Waals surface area contributed by atoms with Gasteiger partial charge in [-0.2, -0.15) is 0 Å². The molecule has 0 saturated heterocycles. The van der Waals surface area contributed by atoms with Crippen molar-refractivity contribution >= 4 is 17.6 Å². The summed E-state index contributed by atoms with van der Waals surface area (Å²) in [6.07, 6.45) is 0.914. The Bertz CT molecular complexity index is 474. The van der Waals surface area contributed by atoms with Gasteiger partial charge in [-0.05, 0) is 37.1 Å². The first-order valence-electron chi connectivity index (χ1n) is 6.00. The van der Waals surface area contributed by atoms with Gasteiger partial charge >= 0.3 is 5.97 Å². The van der Waals surface area contributed by atoms with E-state index in [4.69, 9.17) is 10.8 Å². The molecule has 1 unspecified atom stereocenters. The number of rotatable bonds is 6. The lowest BCUT2D eigenvalue weighted by molar-refractivity contribution is -0.116. The number of aromatic carboxylic acids is 1. The van der Waals surface area contributed by atoms with E-state index < -0.39 is 5.97 Å². The second-order valence-electron chi connectivity index (χ2n) is 4.46. The van der Waals surface area contributed by atoms with Crippen LogP contribution in [0.1, 0.15) is 30.1 Å². The molecule has 0 aliphatic carbocycles. The molecule has 104 valence electrons. The number of carbonyl (C=O) groups is 2. The number of carbonyl (C=O) groups excluding carboxylic acids is 1. The van der Waals surface area contributed by atoms with Crippen LogP contribution < -0.4 is 11.1 Å². The molecule has 0 spiro atoms. The maximum absolute atomic E-state index is 11.7. The molecule has 1 aromatic carbocycles. The highest BCUT2D eigenvalue weighted by molar-refractivity contribution is 5.95. The molecule has 1 rings (SSSR count). The summed E-state index contributed by atoms with van der Waals surface area (Å²) in [5.74, 6) is -1.32. The van der Waals surface area contributed by atoms with E-state index in [-0.39, 0.29) is 35.2 Å². The predicted molar refractivity (Wildman–Crippen MR) is 71.1 cm³/mol. The Balaban J connectivity index is 2.68. The van der Waals surface area contributed by atoms with Crippen LogP contribution in [-0.4, -0.2) is 28.6 Å². The molecule has 1 amide bonds. The minimum Gasteiger partial charge on any atom is -0.506 e. The summed E-state index contributed by atoms with van der Waals surface area (Å²) in [5, 5.41) is 20.9. The summed E-state index contributed by atoms with van der Waals surface area (Å²) >= 11 is 0. The quantitative estimate of drug-likeness (QED) is 0.581. The average Bonchev–Trinajstić information content (AvgIpc) is 2.38. The van der Waals surface area contributed by atoms with Gasteiger partial charge < -0.3 is 21.3 Å². The molecule has 6 heteroatoms. The molecular formula is C13H18N2O4. The third-order valence-electron chi connectivity index (χ3n) is 2.78. The zero-order chi connectivity index (χ0) is 14.4. The minimum absolute atomic E-state index is 0.00317. The first-order valence-corrected chi connectivity index (χ1v) is 6.00. The molecule has 0 saturated carbocycles. The van der Waals surface area contributed by atoms with Crippen molar-refractivity contribution in [1.29, 1.82) is 0 Å². The maximum atomic E-state index is 11.7. The van der Waals surface area contributed by atoms with E-state index in [1.165, 1.54) is 18.2 Å². The lowest BCUT2D eigenvalue weighted by Crippen LogP contribution is -2.16. The fourth-order valence-corrected chi connectivity index (χ4v) is 1.48. The third kappa shape index (κ3) is 4.59. The summed E-state index contributed by atoms with van der Waals surface area (Å²) in [4.78, 5) is 22.5. The van der Waals surface area contributed by atoms with Gasteiger partial charge in [0.2, 0.25) is 5.91 Å². The molecule has 5 N–H and O–H groups in total. The van der Waals surface area contributed by atoms with Crippen LogP contribution in [0.2, 0.25) is 0 Å². The van der Waals surface area contributed by atoms with Crippen LogP contribution in [-0.2, 0) is 4.79 Å². The van der Waals surface area contributed by atoms with Crippen LogP contribution in [0.4, 0.5) is 5.69 Å². The number of aromatic hydroxyl groups is 1. The SMILES string of the molecule is CC(CN)CCC(=O)Nc1cc(C(=O)O)ccc1O. The summed E-state index contributed by atoms with van der Waals surface area (Å²) in [6.45, 7) is 2.45. The van der Waals surface area contributed by atoms with Gasteiger partial charge in [-0.1, -0.05) is 6.92 Å². The second kappa shape index (κ2) is 6.75. The number of phenols is 1. The predicted octanol–water partition coefficient (Wildman–Crippen LogP) is 1.40. The first kappa shape index (κ1) is 15.0. The van der Waals surface area contributed by atoms with E-state index in [9.17, 15) is 14.7 Å². The number of hydrogen-bond donors (Lipinski definition) is 4. The molecule has 1 atom stereocenters. The number of anilines is 1. The number of nitrogens with two attached hydrogens (primary N) is 1. The molecule has 0 bridgehead atoms. The molecule has 0 fully saturated rings. The number of nitrogens with one attached hydrogen (secondary N) is 1. The zero-order valence-electron chi connectivity index (χ0n) is 10.7. The van der Waals surface area contributed by atoms with Crippen LogP contribution in [0, 0.1) is 5.92 Å². The highest BCUT2D eigenvalue weighted by Gasteiger charge is 2.11. The second-order valence-corrected chi connectivity index (χ2v) is 4.46. The number of amides is 1. The Morgan fingerprint density at radius 2 is 2.11 bits per heavy atom. The lowest BCUT2D eigenvalue weighted by Gasteiger charge is -2.10. The highest BCUT2D eigenvalue weighted by Crippen LogP contribution is 2.24. The highest BCUT2D eigenvalue weighted by atomic mass is 16.4. The number of carboxylic acids is 1. The monoisotopic (exact) mass is 266 g/mol. The van der Waals surface area contributed by atoms with E-state index >= 15 is 0 Å². The van der Waals surface area contributed by atoms with Crippen LogP contribution in [0.15, 0.2) is 18.2 Å². The molecule has 6 nitrogen and oxygen atoms in total. The smallest absolute Gasteiger partial charge is 0.335 e. The Morgan fingerprint density at radius 1 is 1.42 bits per heavy atom. The largest absolute Gasteiger partial charge is 0.506 e. The molecule has 0 radical (unpaired) electrons. The Kier molecular flexibility index (Phi) is 5.32. The fourth-order valence-electron chi connectivity index (χ4n) is 1.48. The Morgan fingerprint density at radius 3 is 2.68 bits per heavy atom. The van der Waals surface area contributed by atoms with Crippen LogP contribution in [0.5, 0.6) is 5.75 Å². The van der Waals surface area contributed by atoms with Crippen molar-refractivity contribution in [3.05, 3.63) is 23.8 Å². The molecule has 1 aromatic rings. The number of phenolic OH excluding ortho intramolecular Hbond substituents is 1. The standard InChI is InChI=1S/C13H18N2O4/c1-8(7-14)2-5-12(17)15-10-6-9(13(18)19)3-4-11(10)16/h3-4,6,8,16H,2,5,7,14H2,1H3,(H,15,17)(H,18,19). The van der Waals surface area contributed by atoms with Crippen molar-refractivity contribution in [3.63, 3.8) is 0 Å². The van der Waals surface area contributed by atoms with Gasteiger partial charge in [0, 0.05) is 6.42 Å². The Labute approximate surface area is 111 Å². The van der Waals surface area contributed by atoms with Crippen molar-refractivity contribution in [1.82, 2.24) is 0 Å². The normalized spacial score (nSPS) is 11.9. The molecule has 19 heavy (non-hydrogen) atoms. The number of benzene rings is 1. The van der Waals surface area contributed by atoms with Crippen molar-refractivity contribution < 1.29 is 19.8 Å². The molecule has 0 heterocycles. The van der Waals surface area contributed by atoms with E-state index in [1.54, 1.807) is 0 Å². The Hall–Kier alpha value is -2.08. The van der Waals surface area contributed by atoms with Gasteiger partial charge in [-0.25, -0.2) is 4.79 Å². The van der Waals surface area contributed by atoms with Crippen LogP contribution in [0.25, 0.3) is 0 Å². The number of carboxylic acid groups (broad SMARTS) is 1. The number of hydrogen-bond acceptors (Lipinski definition) is 4. The van der Waals surface area contributed by atoms with E-state index in [1.807, 2.05) is 6.92 Å². The van der Waals surface area contributed by atoms with Crippen molar-refractivity contribution in [2.45, 2.75) is 19.8 Å². The van der Waals surface area contributed by atoms with Crippen molar-refractivity contribution in [3.8, 4) is 5.75 Å². The van der Waals surface area contributed by atoms with E-state index in [0.29, 0.717) is 13.0 Å². The molecular weight excluding hydrogens is 248 g/mol. The minimum atomic E-state index is -1.12. The molecule has 0 aliphatic rings. The molecule has 0 aromatic heterocycles. The summed E-state index contributed by atoms with van der Waals surface area (Å²) in [6, 6.07) is 3.73. The fraction of sp³-hybridized carbons (Fsp3) is 0.385. The van der Waals surface area contributed by atoms with E-state index in [2.05, 4.69) is 5.32 Å². The van der Waals surface area contributed by atoms with Gasteiger partial charge in [0.25, 0.3) is 0 Å². The zero-order valence-corrected chi connectivity index (χ0v) is 10.7. The summed E-state index contributed by atoms with van der Waals surface area (Å²) in [5.41, 5.74) is 5.56. The van der Waals surface area contributed by atoms with Crippen LogP contribution >= 0.6 is 0 Å². The van der Waals surface area contributed by atoms with Gasteiger partial charge in [-0.3, -0.25) is 4.79 Å². The van der Waals surface area contributed by atoms with Crippen molar-refractivity contribution in [2.24, 2.45) is 11.7 Å². The lowest BCUT2D eigenvalue weighted by atomic mass is 10.1. The van der Waals surface area contributed by atoms with Crippen LogP contribution in [0.3, 0.4) is 0 Å². The summed E-state index contributed by atoms with van der Waals surface area (Å²) < 4.78 is 0. The topological polar surface area (TPSA) is 113 Å². The van der Waals surface area contributed by atoms with Gasteiger partial charge in [0.15, 0.2) is 0 Å². The molecule has 0 aliphatic heterocycles. The maximum Gasteiger partial charge on any atom is 0.335 e. The van der Waals surface area contributed by atoms with Gasteiger partial charge in [0.1, 0.15) is 5.75 Å². The average molecular weight is 266 g/mol. The third-order valence-corrected chi connectivity index (χ3v) is 2.78. The first-order chi connectivity index (χ1) is 8.93. The van der Waals surface area contributed by atoms with Gasteiger partial charge in [0.05, 0.1) is 11.3 Å². The van der Waals surface area contributed by atoms with Gasteiger partial charge in [-0.15, -0.1) is 0 Å².